The molecular formula is C17H14N2O2S. The molecule has 0 bridgehead atoms. The second kappa shape index (κ2) is 6.74. The Kier molecular flexibility index (Phi) is 4.77. The molecule has 0 aliphatic rings. The van der Waals surface area contributed by atoms with Crippen LogP contribution in [0.4, 0.5) is 0 Å². The molecule has 1 atom stereocenters. The van der Waals surface area contributed by atoms with Crippen LogP contribution in [0.3, 0.4) is 0 Å². The largest absolute Gasteiger partial charge is 0.507 e. The summed E-state index contributed by atoms with van der Waals surface area (Å²) >= 11 is 1.44. The number of hydrogen-bond donors (Lipinski definition) is 2. The first-order valence-corrected chi connectivity index (χ1v) is 7.39. The summed E-state index contributed by atoms with van der Waals surface area (Å²) in [5.74, 6) is -0.686. The molecule has 5 heteroatoms. The molecule has 2 N–H and O–H groups in total. The van der Waals surface area contributed by atoms with Crippen LogP contribution in [0.5, 0.6) is 5.75 Å². The molecule has 4 nitrogen and oxygen atoms in total. The van der Waals surface area contributed by atoms with Crippen LogP contribution in [-0.4, -0.2) is 11.0 Å². The molecule has 1 aromatic heterocycles. The normalized spacial score (nSPS) is 11.2. The van der Waals surface area contributed by atoms with Crippen molar-refractivity contribution in [1.29, 1.82) is 5.26 Å². The predicted octanol–water partition coefficient (Wildman–Crippen LogP) is 3.73. The van der Waals surface area contributed by atoms with Crippen molar-refractivity contribution < 1.29 is 9.90 Å². The Bertz CT molecular complexity index is 758. The van der Waals surface area contributed by atoms with E-state index < -0.39 is 11.9 Å². The van der Waals surface area contributed by atoms with Crippen molar-refractivity contribution in [2.75, 3.05) is 0 Å². The monoisotopic (exact) mass is 310 g/mol. The predicted molar refractivity (Wildman–Crippen MR) is 88.4 cm³/mol. The fourth-order valence-corrected chi connectivity index (χ4v) is 2.68. The van der Waals surface area contributed by atoms with Gasteiger partial charge in [0.2, 0.25) is 0 Å². The lowest BCUT2D eigenvalue weighted by Gasteiger charge is -2.13. The first kappa shape index (κ1) is 15.5. The Balaban J connectivity index is 2.32. The number of phenolic OH excluding ortho intramolecular Hbond substituents is 1. The summed E-state index contributed by atoms with van der Waals surface area (Å²) in [5.41, 5.74) is 2.17. The van der Waals surface area contributed by atoms with E-state index in [1.165, 1.54) is 23.5 Å². The Morgan fingerprint density at radius 3 is 2.59 bits per heavy atom. The first-order chi connectivity index (χ1) is 10.6. The molecule has 0 radical (unpaired) electrons. The van der Waals surface area contributed by atoms with Crippen LogP contribution in [-0.2, 0) is 0 Å². The zero-order valence-corrected chi connectivity index (χ0v) is 12.6. The summed E-state index contributed by atoms with van der Waals surface area (Å²) in [6.45, 7) is 7.32. The Labute approximate surface area is 132 Å². The lowest BCUT2D eigenvalue weighted by molar-refractivity contribution is 0.0942. The number of thiophene rings is 1. The second-order valence-electron chi connectivity index (χ2n) is 4.50. The smallest absolute Gasteiger partial charge is 0.256 e. The van der Waals surface area contributed by atoms with Gasteiger partial charge in [-0.25, -0.2) is 0 Å². The van der Waals surface area contributed by atoms with E-state index in [2.05, 4.69) is 18.5 Å². The van der Waals surface area contributed by atoms with Crippen LogP contribution in [0.2, 0.25) is 0 Å². The number of carbonyl (C=O) groups excluding carboxylic acids is 1. The van der Waals surface area contributed by atoms with Crippen LogP contribution in [0.1, 0.15) is 33.1 Å². The number of nitrogens with zero attached hydrogens (tertiary/aromatic N) is 1. The molecule has 1 aromatic carbocycles. The molecule has 110 valence electrons. The van der Waals surface area contributed by atoms with Gasteiger partial charge in [0.15, 0.2) is 0 Å². The number of phenols is 1. The van der Waals surface area contributed by atoms with Gasteiger partial charge < -0.3 is 10.4 Å². The molecular weight excluding hydrogens is 296 g/mol. The van der Waals surface area contributed by atoms with E-state index in [1.807, 2.05) is 11.4 Å². The van der Waals surface area contributed by atoms with Gasteiger partial charge in [0.1, 0.15) is 11.8 Å². The molecule has 1 amide bonds. The molecule has 2 rings (SSSR count). The molecule has 1 unspecified atom stereocenters. The lowest BCUT2D eigenvalue weighted by atomic mass is 10.0. The molecule has 0 aliphatic heterocycles. The summed E-state index contributed by atoms with van der Waals surface area (Å²) in [5, 5.41) is 25.4. The van der Waals surface area contributed by atoms with Crippen molar-refractivity contribution in [2.45, 2.75) is 6.04 Å². The van der Waals surface area contributed by atoms with Crippen LogP contribution in [0.25, 0.3) is 12.2 Å². The zero-order valence-electron chi connectivity index (χ0n) is 11.7. The highest BCUT2D eigenvalue weighted by molar-refractivity contribution is 7.08. The number of hydrogen-bond acceptors (Lipinski definition) is 4. The van der Waals surface area contributed by atoms with E-state index in [0.29, 0.717) is 16.7 Å². The minimum Gasteiger partial charge on any atom is -0.507 e. The topological polar surface area (TPSA) is 73.1 Å². The van der Waals surface area contributed by atoms with Gasteiger partial charge in [-0.2, -0.15) is 16.6 Å². The molecule has 2 aromatic rings. The summed E-state index contributed by atoms with van der Waals surface area (Å²) in [6, 6.07) is 6.02. The van der Waals surface area contributed by atoms with Gasteiger partial charge in [-0.05, 0) is 45.6 Å². The molecule has 0 saturated heterocycles. The van der Waals surface area contributed by atoms with Gasteiger partial charge in [-0.3, -0.25) is 4.79 Å². The van der Waals surface area contributed by atoms with E-state index in [1.54, 1.807) is 23.6 Å². The second-order valence-corrected chi connectivity index (χ2v) is 5.28. The third-order valence-electron chi connectivity index (χ3n) is 3.17. The van der Waals surface area contributed by atoms with Gasteiger partial charge in [0.25, 0.3) is 5.91 Å². The van der Waals surface area contributed by atoms with Gasteiger partial charge in [-0.1, -0.05) is 25.3 Å². The van der Waals surface area contributed by atoms with Crippen molar-refractivity contribution >= 4 is 29.4 Å². The highest BCUT2D eigenvalue weighted by Crippen LogP contribution is 2.25. The summed E-state index contributed by atoms with van der Waals surface area (Å²) in [7, 11) is 0. The van der Waals surface area contributed by atoms with Crippen LogP contribution < -0.4 is 5.32 Å². The van der Waals surface area contributed by atoms with Crippen LogP contribution >= 0.6 is 11.3 Å². The number of aromatic hydroxyl groups is 1. The van der Waals surface area contributed by atoms with Crippen molar-refractivity contribution in [3.05, 3.63) is 64.4 Å². The molecule has 0 spiro atoms. The van der Waals surface area contributed by atoms with Crippen molar-refractivity contribution in [1.82, 2.24) is 5.32 Å². The third-order valence-corrected chi connectivity index (χ3v) is 3.87. The van der Waals surface area contributed by atoms with E-state index in [4.69, 9.17) is 0 Å². The lowest BCUT2D eigenvalue weighted by Crippen LogP contribution is -2.27. The van der Waals surface area contributed by atoms with E-state index in [9.17, 15) is 15.2 Å². The number of benzene rings is 1. The average Bonchev–Trinajstić information content (AvgIpc) is 3.06. The highest BCUT2D eigenvalue weighted by atomic mass is 32.1. The molecule has 22 heavy (non-hydrogen) atoms. The number of carbonyl (C=O) groups is 1. The molecule has 0 aliphatic carbocycles. The van der Waals surface area contributed by atoms with Crippen molar-refractivity contribution in [3.63, 3.8) is 0 Å². The van der Waals surface area contributed by atoms with E-state index in [0.717, 1.165) is 0 Å². The number of nitrogens with one attached hydrogen (secondary N) is 1. The van der Waals surface area contributed by atoms with Gasteiger partial charge in [0.05, 0.1) is 11.6 Å². The minimum atomic E-state index is -0.760. The molecule has 0 fully saturated rings. The van der Waals surface area contributed by atoms with Crippen molar-refractivity contribution in [3.8, 4) is 11.8 Å². The summed E-state index contributed by atoms with van der Waals surface area (Å²) in [4.78, 5) is 12.3. The fourth-order valence-electron chi connectivity index (χ4n) is 1.99. The van der Waals surface area contributed by atoms with Crippen LogP contribution in [0.15, 0.2) is 42.1 Å². The van der Waals surface area contributed by atoms with Crippen LogP contribution in [0, 0.1) is 11.3 Å². The molecule has 1 heterocycles. The quantitative estimate of drug-likeness (QED) is 0.883. The summed E-state index contributed by atoms with van der Waals surface area (Å²) < 4.78 is 0. The maximum atomic E-state index is 12.3. The standard InChI is InChI=1S/C17H14N2O2S/c1-3-11-7-14(16(20)8-12(11)4-2)17(21)19-15(9-18)13-5-6-22-10-13/h3-8,10,15,20H,1-2H2,(H,19,21). The van der Waals surface area contributed by atoms with Gasteiger partial charge >= 0.3 is 0 Å². The number of amides is 1. The number of nitriles is 1. The first-order valence-electron chi connectivity index (χ1n) is 6.45. The van der Waals surface area contributed by atoms with Gasteiger partial charge in [-0.15, -0.1) is 0 Å². The average molecular weight is 310 g/mol. The van der Waals surface area contributed by atoms with Gasteiger partial charge in [0, 0.05) is 0 Å². The maximum absolute atomic E-state index is 12.3. The number of rotatable bonds is 5. The Hall–Kier alpha value is -2.84. The summed E-state index contributed by atoms with van der Waals surface area (Å²) in [6.07, 6.45) is 3.15. The maximum Gasteiger partial charge on any atom is 0.256 e. The fraction of sp³-hybridized carbons (Fsp3) is 0.0588. The SMILES string of the molecule is C=Cc1cc(O)c(C(=O)NC(C#N)c2ccsc2)cc1C=C. The highest BCUT2D eigenvalue weighted by Gasteiger charge is 2.19. The molecule has 0 saturated carbocycles. The van der Waals surface area contributed by atoms with E-state index in [-0.39, 0.29) is 11.3 Å². The Morgan fingerprint density at radius 2 is 2.05 bits per heavy atom. The van der Waals surface area contributed by atoms with E-state index >= 15 is 0 Å². The van der Waals surface area contributed by atoms with Crippen molar-refractivity contribution in [2.24, 2.45) is 0 Å². The third kappa shape index (κ3) is 3.08. The minimum absolute atomic E-state index is 0.0935. The Morgan fingerprint density at radius 1 is 1.36 bits per heavy atom. The zero-order chi connectivity index (χ0) is 16.1.